The summed E-state index contributed by atoms with van der Waals surface area (Å²) in [4.78, 5) is 0. The summed E-state index contributed by atoms with van der Waals surface area (Å²) < 4.78 is 12.2. The largest absolute Gasteiger partial charge is 0.310 e. The molecule has 0 amide bonds. The molecule has 8 bridgehead atoms. The molecule has 4 aromatic heterocycles. The number of aromatic nitrogens is 5. The first kappa shape index (κ1) is 39.4. The van der Waals surface area contributed by atoms with E-state index in [4.69, 9.17) is 0 Å². The van der Waals surface area contributed by atoms with Crippen LogP contribution in [-0.2, 0) is 0 Å². The Morgan fingerprint density at radius 3 is 1.20 bits per heavy atom. The highest BCUT2D eigenvalue weighted by molar-refractivity contribution is 6.15. The number of nitrogens with zero attached hydrogens (tertiary/aromatic N) is 5. The first-order valence-corrected chi connectivity index (χ1v) is 24.3. The van der Waals surface area contributed by atoms with Crippen molar-refractivity contribution in [2.75, 3.05) is 0 Å². The highest BCUT2D eigenvalue weighted by Crippen LogP contribution is 2.40. The van der Waals surface area contributed by atoms with Gasteiger partial charge >= 0.3 is 0 Å². The van der Waals surface area contributed by atoms with Crippen LogP contribution < -0.4 is 0 Å². The van der Waals surface area contributed by atoms with Crippen LogP contribution in [0.5, 0.6) is 0 Å². The SMILES string of the molecule is c1ccc(-n2c3ccccc3c3cc(-n4c5cccc(c5)c5cccc(c5)n(-c5cccc6c7ccccc7n(-c7ccccc7)c56)c5ccc6c(c5)c5cc4ccc5n6-c4ccccc4)ccc32)cc1. The van der Waals surface area contributed by atoms with Gasteiger partial charge in [0.2, 0.25) is 0 Å². The minimum atomic E-state index is 1.08. The molecule has 4 heterocycles. The second-order valence-corrected chi connectivity index (χ2v) is 18.6. The van der Waals surface area contributed by atoms with E-state index in [-0.39, 0.29) is 0 Å². The fourth-order valence-corrected chi connectivity index (χ4v) is 11.6. The molecular formula is C66H43N5. The third kappa shape index (κ3) is 6.00. The molecule has 0 radical (unpaired) electrons. The molecule has 0 N–H and O–H groups in total. The topological polar surface area (TPSA) is 24.6 Å². The number of benzene rings is 11. The van der Waals surface area contributed by atoms with E-state index in [9.17, 15) is 0 Å². The normalized spacial score (nSPS) is 11.9. The van der Waals surface area contributed by atoms with Crippen molar-refractivity contribution in [1.29, 1.82) is 0 Å². The Kier molecular flexibility index (Phi) is 8.59. The molecule has 0 aliphatic rings. The van der Waals surface area contributed by atoms with Gasteiger partial charge in [0.1, 0.15) is 0 Å². The van der Waals surface area contributed by atoms with Gasteiger partial charge in [-0.3, -0.25) is 0 Å². The third-order valence-corrected chi connectivity index (χ3v) is 14.7. The van der Waals surface area contributed by atoms with E-state index in [1.54, 1.807) is 0 Å². The highest BCUT2D eigenvalue weighted by Gasteiger charge is 2.20. The molecule has 0 aliphatic carbocycles. The van der Waals surface area contributed by atoms with Crippen molar-refractivity contribution in [2.24, 2.45) is 0 Å². The number of hydrogen-bond acceptors (Lipinski definition) is 0. The third-order valence-electron chi connectivity index (χ3n) is 14.7. The lowest BCUT2D eigenvalue weighted by atomic mass is 10.1. The second-order valence-electron chi connectivity index (χ2n) is 18.6. The van der Waals surface area contributed by atoms with Gasteiger partial charge in [-0.15, -0.1) is 0 Å². The van der Waals surface area contributed by atoms with Crippen LogP contribution >= 0.6 is 0 Å². The summed E-state index contributed by atoms with van der Waals surface area (Å²) >= 11 is 0. The molecule has 0 atom stereocenters. The minimum absolute atomic E-state index is 1.08. The van der Waals surface area contributed by atoms with Gasteiger partial charge in [0.15, 0.2) is 0 Å². The molecule has 0 saturated carbocycles. The molecule has 5 nitrogen and oxygen atoms in total. The molecular weight excluding hydrogens is 863 g/mol. The van der Waals surface area contributed by atoms with Gasteiger partial charge in [0, 0.05) is 77.1 Å². The maximum atomic E-state index is 2.47. The number of fused-ring (bicyclic) bond motifs is 13. The summed E-state index contributed by atoms with van der Waals surface area (Å²) in [6, 6.07) is 95.8. The summed E-state index contributed by atoms with van der Waals surface area (Å²) in [6.45, 7) is 0. The second kappa shape index (κ2) is 15.5. The van der Waals surface area contributed by atoms with Gasteiger partial charge in [0.05, 0.1) is 38.8 Å². The Balaban J connectivity index is 1.10. The fourth-order valence-electron chi connectivity index (χ4n) is 11.6. The zero-order valence-corrected chi connectivity index (χ0v) is 38.6. The van der Waals surface area contributed by atoms with E-state index in [0.717, 1.165) is 77.8 Å². The molecule has 11 aromatic carbocycles. The summed E-state index contributed by atoms with van der Waals surface area (Å²) in [6.07, 6.45) is 0. The molecule has 0 fully saturated rings. The van der Waals surface area contributed by atoms with Gasteiger partial charge in [-0.05, 0) is 144 Å². The van der Waals surface area contributed by atoms with Crippen LogP contribution in [0.2, 0.25) is 0 Å². The van der Waals surface area contributed by atoms with Crippen LogP contribution in [0, 0.1) is 0 Å². The minimum Gasteiger partial charge on any atom is -0.310 e. The predicted octanol–water partition coefficient (Wildman–Crippen LogP) is 17.1. The molecule has 0 spiro atoms. The van der Waals surface area contributed by atoms with E-state index >= 15 is 0 Å². The number of rotatable bonds is 5. The molecule has 15 rings (SSSR count). The van der Waals surface area contributed by atoms with Crippen molar-refractivity contribution < 1.29 is 0 Å². The Hall–Kier alpha value is -9.58. The molecule has 71 heavy (non-hydrogen) atoms. The molecule has 0 saturated heterocycles. The Labute approximate surface area is 408 Å². The van der Waals surface area contributed by atoms with Crippen LogP contribution in [0.1, 0.15) is 0 Å². The number of para-hydroxylation sites is 6. The van der Waals surface area contributed by atoms with Crippen LogP contribution in [0.15, 0.2) is 261 Å². The lowest BCUT2D eigenvalue weighted by Gasteiger charge is -2.16. The lowest BCUT2D eigenvalue weighted by molar-refractivity contribution is 1.12. The van der Waals surface area contributed by atoms with Gasteiger partial charge in [-0.2, -0.15) is 0 Å². The average molecular weight is 906 g/mol. The van der Waals surface area contributed by atoms with Crippen molar-refractivity contribution >= 4 is 98.3 Å². The van der Waals surface area contributed by atoms with Crippen LogP contribution in [-0.4, -0.2) is 22.8 Å². The van der Waals surface area contributed by atoms with E-state index < -0.39 is 0 Å². The Morgan fingerprint density at radius 2 is 0.606 bits per heavy atom. The maximum Gasteiger partial charge on any atom is 0.0782 e. The highest BCUT2D eigenvalue weighted by atomic mass is 15.1. The van der Waals surface area contributed by atoms with Gasteiger partial charge < -0.3 is 22.8 Å². The summed E-state index contributed by atoms with van der Waals surface area (Å²) in [5.74, 6) is 0. The van der Waals surface area contributed by atoms with E-state index in [1.165, 1.54) is 48.9 Å². The van der Waals surface area contributed by atoms with Crippen LogP contribution in [0.4, 0.5) is 0 Å². The first-order valence-electron chi connectivity index (χ1n) is 24.3. The maximum absolute atomic E-state index is 2.47. The summed E-state index contributed by atoms with van der Waals surface area (Å²) in [5.41, 5.74) is 16.9. The van der Waals surface area contributed by atoms with Crippen molar-refractivity contribution in [3.63, 3.8) is 0 Å². The van der Waals surface area contributed by atoms with Gasteiger partial charge in [-0.25, -0.2) is 0 Å². The summed E-state index contributed by atoms with van der Waals surface area (Å²) in [5, 5.41) is 9.48. The molecule has 0 unspecified atom stereocenters. The quantitative estimate of drug-likeness (QED) is 0.164. The number of hydrogen-bond donors (Lipinski definition) is 0. The van der Waals surface area contributed by atoms with Crippen molar-refractivity contribution in [3.05, 3.63) is 261 Å². The van der Waals surface area contributed by atoms with E-state index in [0.29, 0.717) is 0 Å². The predicted molar refractivity (Wildman–Crippen MR) is 298 cm³/mol. The zero-order valence-electron chi connectivity index (χ0n) is 38.6. The smallest absolute Gasteiger partial charge is 0.0782 e. The molecule has 332 valence electrons. The Bertz CT molecular complexity index is 4680. The average Bonchev–Trinajstić information content (AvgIpc) is 4.07. The van der Waals surface area contributed by atoms with Crippen LogP contribution in [0.3, 0.4) is 0 Å². The van der Waals surface area contributed by atoms with E-state index in [1.807, 2.05) is 0 Å². The monoisotopic (exact) mass is 905 g/mol. The fraction of sp³-hybridized carbons (Fsp3) is 0. The first-order chi connectivity index (χ1) is 35.2. The Morgan fingerprint density at radius 1 is 0.197 bits per heavy atom. The van der Waals surface area contributed by atoms with Crippen molar-refractivity contribution in [3.8, 4) is 28.4 Å². The van der Waals surface area contributed by atoms with Crippen molar-refractivity contribution in [1.82, 2.24) is 22.8 Å². The zero-order chi connectivity index (χ0) is 46.6. The van der Waals surface area contributed by atoms with Gasteiger partial charge in [0.25, 0.3) is 0 Å². The lowest BCUT2D eigenvalue weighted by Crippen LogP contribution is -2.02. The van der Waals surface area contributed by atoms with E-state index in [2.05, 4.69) is 284 Å². The molecule has 0 aliphatic heterocycles. The molecule has 15 aromatic rings. The standard InChI is InChI=1S/C66H43N5/c1-4-19-46(20-5-1)69-60-30-12-11-28-55(60)57-41-51(33-36-62(57)69)67-49-25-14-17-44(39-49)45-18-15-26-50(40-45)68(65-32-16-29-56-54-27-10-13-31-61(54)71(66(56)65)48-23-8-3-9-24-48)53-35-38-64-59(43-53)58-42-52(67)34-37-63(58)70(64)47-21-6-2-7-22-47/h1-43H. The summed E-state index contributed by atoms with van der Waals surface area (Å²) in [7, 11) is 0. The van der Waals surface area contributed by atoms with Crippen LogP contribution in [0.25, 0.3) is 127 Å². The van der Waals surface area contributed by atoms with Crippen molar-refractivity contribution in [2.45, 2.75) is 0 Å². The molecule has 5 heteroatoms. The van der Waals surface area contributed by atoms with Gasteiger partial charge in [-0.1, -0.05) is 127 Å².